The van der Waals surface area contributed by atoms with Crippen LogP contribution in [-0.2, 0) is 24.0 Å². The van der Waals surface area contributed by atoms with Crippen molar-refractivity contribution in [3.63, 3.8) is 0 Å². The first-order valence-corrected chi connectivity index (χ1v) is 10.9. The van der Waals surface area contributed by atoms with E-state index in [0.717, 1.165) is 12.8 Å². The van der Waals surface area contributed by atoms with Gasteiger partial charge in [-0.25, -0.2) is 4.79 Å². The van der Waals surface area contributed by atoms with E-state index in [0.29, 0.717) is 25.8 Å². The molecule has 0 aromatic heterocycles. The van der Waals surface area contributed by atoms with E-state index >= 15 is 0 Å². The number of hydrogen-bond donors (Lipinski definition) is 4. The van der Waals surface area contributed by atoms with Crippen molar-refractivity contribution in [1.82, 2.24) is 20.9 Å². The molecule has 10 nitrogen and oxygen atoms in total. The van der Waals surface area contributed by atoms with Gasteiger partial charge in [0.05, 0.1) is 0 Å². The van der Waals surface area contributed by atoms with Gasteiger partial charge in [0, 0.05) is 13.0 Å². The minimum atomic E-state index is -1.13. The molecule has 4 N–H and O–H groups in total. The number of nitrogens with one attached hydrogen (secondary N) is 3. The Morgan fingerprint density at radius 2 is 1.65 bits per heavy atom. The van der Waals surface area contributed by atoms with Crippen molar-refractivity contribution >= 4 is 29.6 Å². The second-order valence-electron chi connectivity index (χ2n) is 8.38. The highest BCUT2D eigenvalue weighted by molar-refractivity contribution is 5.95. The topological polar surface area (TPSA) is 145 Å². The Labute approximate surface area is 183 Å². The maximum absolute atomic E-state index is 12.9. The molecule has 0 aliphatic carbocycles. The standard InChI is InChI=1S/C21H36N4O6/c1-6-7-10-16(26)22-13(4)18(27)23-14(5)20(29)25-11-8-9-15(25)19(28)24-17(12(2)3)21(30)31/h12-15,17H,6-11H2,1-5H3,(H,22,26)(H,23,27)(H,24,28)(H,30,31)/t13-,14-,15-,17-/m0/s1. The monoisotopic (exact) mass is 440 g/mol. The highest BCUT2D eigenvalue weighted by atomic mass is 16.4. The Kier molecular flexibility index (Phi) is 10.4. The molecule has 10 heteroatoms. The smallest absolute Gasteiger partial charge is 0.326 e. The van der Waals surface area contributed by atoms with Crippen molar-refractivity contribution in [2.75, 3.05) is 6.54 Å². The van der Waals surface area contributed by atoms with E-state index in [4.69, 9.17) is 0 Å². The number of rotatable bonds is 11. The predicted molar refractivity (Wildman–Crippen MR) is 114 cm³/mol. The highest BCUT2D eigenvalue weighted by Gasteiger charge is 2.38. The van der Waals surface area contributed by atoms with Gasteiger partial charge in [-0.3, -0.25) is 19.2 Å². The zero-order chi connectivity index (χ0) is 23.7. The summed E-state index contributed by atoms with van der Waals surface area (Å²) in [5.74, 6) is -3.09. The lowest BCUT2D eigenvalue weighted by molar-refractivity contribution is -0.145. The summed E-state index contributed by atoms with van der Waals surface area (Å²) < 4.78 is 0. The number of amides is 4. The summed E-state index contributed by atoms with van der Waals surface area (Å²) in [5, 5.41) is 17.0. The van der Waals surface area contributed by atoms with Crippen LogP contribution in [0.4, 0.5) is 0 Å². The second kappa shape index (κ2) is 12.3. The Morgan fingerprint density at radius 1 is 1.00 bits per heavy atom. The van der Waals surface area contributed by atoms with Crippen molar-refractivity contribution in [2.45, 2.75) is 90.9 Å². The van der Waals surface area contributed by atoms with Crippen LogP contribution in [0.15, 0.2) is 0 Å². The molecule has 31 heavy (non-hydrogen) atoms. The molecule has 1 aliphatic heterocycles. The number of likely N-dealkylation sites (tertiary alicyclic amines) is 1. The highest BCUT2D eigenvalue weighted by Crippen LogP contribution is 2.19. The van der Waals surface area contributed by atoms with Crippen molar-refractivity contribution in [3.8, 4) is 0 Å². The van der Waals surface area contributed by atoms with Crippen LogP contribution in [0.25, 0.3) is 0 Å². The second-order valence-corrected chi connectivity index (χ2v) is 8.38. The van der Waals surface area contributed by atoms with Gasteiger partial charge in [-0.1, -0.05) is 27.2 Å². The van der Waals surface area contributed by atoms with Crippen molar-refractivity contribution in [2.24, 2.45) is 5.92 Å². The molecule has 176 valence electrons. The average molecular weight is 441 g/mol. The first kappa shape index (κ1) is 26.4. The van der Waals surface area contributed by atoms with E-state index in [2.05, 4.69) is 16.0 Å². The summed E-state index contributed by atoms with van der Waals surface area (Å²) in [6.07, 6.45) is 2.96. The Balaban J connectivity index is 2.69. The lowest BCUT2D eigenvalue weighted by atomic mass is 10.0. The number of aliphatic carboxylic acids is 1. The van der Waals surface area contributed by atoms with Crippen LogP contribution in [0.3, 0.4) is 0 Å². The molecule has 4 atom stereocenters. The molecule has 1 fully saturated rings. The van der Waals surface area contributed by atoms with Gasteiger partial charge in [0.15, 0.2) is 0 Å². The molecule has 0 aromatic rings. The number of carboxylic acids is 1. The van der Waals surface area contributed by atoms with Crippen molar-refractivity contribution in [1.29, 1.82) is 0 Å². The predicted octanol–water partition coefficient (Wildman–Crippen LogP) is 0.402. The van der Waals surface area contributed by atoms with Crippen LogP contribution < -0.4 is 16.0 Å². The fraction of sp³-hybridized carbons (Fsp3) is 0.762. The molecule has 1 aliphatic rings. The molecule has 1 rings (SSSR count). The van der Waals surface area contributed by atoms with E-state index in [9.17, 15) is 29.1 Å². The summed E-state index contributed by atoms with van der Waals surface area (Å²) in [7, 11) is 0. The molecular formula is C21H36N4O6. The first-order chi connectivity index (χ1) is 14.5. The third kappa shape index (κ3) is 7.84. The van der Waals surface area contributed by atoms with Crippen LogP contribution in [0, 0.1) is 5.92 Å². The molecule has 0 unspecified atom stereocenters. The lowest BCUT2D eigenvalue weighted by Gasteiger charge is -2.29. The maximum Gasteiger partial charge on any atom is 0.326 e. The molecular weight excluding hydrogens is 404 g/mol. The van der Waals surface area contributed by atoms with Gasteiger partial charge in [0.1, 0.15) is 24.2 Å². The molecule has 0 saturated carbocycles. The molecule has 0 aromatic carbocycles. The lowest BCUT2D eigenvalue weighted by Crippen LogP contribution is -2.56. The van der Waals surface area contributed by atoms with Crippen LogP contribution in [0.2, 0.25) is 0 Å². The van der Waals surface area contributed by atoms with Crippen LogP contribution >= 0.6 is 0 Å². The summed E-state index contributed by atoms with van der Waals surface area (Å²) in [4.78, 5) is 62.4. The summed E-state index contributed by atoms with van der Waals surface area (Å²) >= 11 is 0. The van der Waals surface area contributed by atoms with E-state index in [1.807, 2.05) is 6.92 Å². The van der Waals surface area contributed by atoms with Gasteiger partial charge in [-0.05, 0) is 39.0 Å². The summed E-state index contributed by atoms with van der Waals surface area (Å²) in [6.45, 7) is 8.76. The van der Waals surface area contributed by atoms with E-state index in [1.165, 1.54) is 11.8 Å². The SMILES string of the molecule is CCCCC(=O)N[C@@H](C)C(=O)N[C@@H](C)C(=O)N1CCC[C@H]1C(=O)N[C@H](C(=O)O)C(C)C. The maximum atomic E-state index is 12.9. The molecule has 0 spiro atoms. The number of carbonyl (C=O) groups excluding carboxylic acids is 4. The zero-order valence-electron chi connectivity index (χ0n) is 19.1. The Hall–Kier alpha value is -2.65. The normalized spacial score (nSPS) is 18.8. The van der Waals surface area contributed by atoms with Crippen LogP contribution in [0.5, 0.6) is 0 Å². The number of hydrogen-bond acceptors (Lipinski definition) is 5. The number of carboxylic acid groups (broad SMARTS) is 1. The molecule has 4 amide bonds. The number of unbranched alkanes of at least 4 members (excludes halogenated alkanes) is 1. The molecule has 1 saturated heterocycles. The van der Waals surface area contributed by atoms with Crippen LogP contribution in [-0.4, -0.2) is 70.3 Å². The van der Waals surface area contributed by atoms with Gasteiger partial charge < -0.3 is 26.0 Å². The van der Waals surface area contributed by atoms with Gasteiger partial charge in [-0.15, -0.1) is 0 Å². The van der Waals surface area contributed by atoms with Crippen molar-refractivity contribution < 1.29 is 29.1 Å². The third-order valence-corrected chi connectivity index (χ3v) is 5.33. The van der Waals surface area contributed by atoms with Gasteiger partial charge in [0.25, 0.3) is 0 Å². The first-order valence-electron chi connectivity index (χ1n) is 10.9. The van der Waals surface area contributed by atoms with Crippen molar-refractivity contribution in [3.05, 3.63) is 0 Å². The average Bonchev–Trinajstić information content (AvgIpc) is 3.18. The Bertz CT molecular complexity index is 681. The van der Waals surface area contributed by atoms with Crippen LogP contribution in [0.1, 0.15) is 66.7 Å². The fourth-order valence-electron chi connectivity index (χ4n) is 3.43. The third-order valence-electron chi connectivity index (χ3n) is 5.33. The van der Waals surface area contributed by atoms with E-state index < -0.39 is 47.9 Å². The minimum absolute atomic E-state index is 0.224. The van der Waals surface area contributed by atoms with Gasteiger partial charge in [-0.2, -0.15) is 0 Å². The Morgan fingerprint density at radius 3 is 2.19 bits per heavy atom. The van der Waals surface area contributed by atoms with E-state index in [-0.39, 0.29) is 11.8 Å². The van der Waals surface area contributed by atoms with Gasteiger partial charge in [0.2, 0.25) is 23.6 Å². The molecule has 0 bridgehead atoms. The summed E-state index contributed by atoms with van der Waals surface area (Å²) in [6, 6.07) is -3.51. The molecule has 1 heterocycles. The minimum Gasteiger partial charge on any atom is -0.480 e. The number of nitrogens with zero attached hydrogens (tertiary/aromatic N) is 1. The zero-order valence-corrected chi connectivity index (χ0v) is 19.1. The fourth-order valence-corrected chi connectivity index (χ4v) is 3.43. The van der Waals surface area contributed by atoms with E-state index in [1.54, 1.807) is 20.8 Å². The quantitative estimate of drug-likeness (QED) is 0.366. The largest absolute Gasteiger partial charge is 0.480 e. The van der Waals surface area contributed by atoms with Gasteiger partial charge >= 0.3 is 5.97 Å². The molecule has 0 radical (unpaired) electrons. The number of carbonyl (C=O) groups is 5. The summed E-state index contributed by atoms with van der Waals surface area (Å²) in [5.41, 5.74) is 0.